The smallest absolute Gasteiger partial charge is 0.253 e. The molecule has 0 saturated carbocycles. The lowest BCUT2D eigenvalue weighted by atomic mass is 9.98. The minimum atomic E-state index is -0.270. The number of nitrogens with one attached hydrogen (secondary N) is 2. The van der Waals surface area contributed by atoms with Crippen LogP contribution in [0.15, 0.2) is 62.6 Å². The van der Waals surface area contributed by atoms with Gasteiger partial charge in [0.25, 0.3) is 5.91 Å². The number of benzene rings is 2. The summed E-state index contributed by atoms with van der Waals surface area (Å²) in [5.41, 5.74) is 2.66. The van der Waals surface area contributed by atoms with Crippen LogP contribution in [0.3, 0.4) is 0 Å². The fourth-order valence-corrected chi connectivity index (χ4v) is 5.29. The van der Waals surface area contributed by atoms with Crippen LogP contribution in [0, 0.1) is 0 Å². The van der Waals surface area contributed by atoms with Crippen molar-refractivity contribution in [3.63, 3.8) is 0 Å². The van der Waals surface area contributed by atoms with Crippen LogP contribution in [-0.2, 0) is 9.59 Å². The van der Waals surface area contributed by atoms with E-state index in [9.17, 15) is 9.59 Å². The number of rotatable bonds is 6. The molecule has 0 aromatic heterocycles. The summed E-state index contributed by atoms with van der Waals surface area (Å²) < 4.78 is 1.99. The van der Waals surface area contributed by atoms with Gasteiger partial charge < -0.3 is 5.32 Å². The van der Waals surface area contributed by atoms with Crippen molar-refractivity contribution in [1.82, 2.24) is 15.6 Å². The molecule has 0 radical (unpaired) electrons. The van der Waals surface area contributed by atoms with Gasteiger partial charge in [0.05, 0.1) is 17.5 Å². The molecule has 0 bridgehead atoms. The second kappa shape index (κ2) is 10.5. The first-order valence-corrected chi connectivity index (χ1v) is 13.1. The van der Waals surface area contributed by atoms with Gasteiger partial charge in [-0.2, -0.15) is 5.10 Å². The number of carbonyl (C=O) groups excluding carboxylic acids is 2. The van der Waals surface area contributed by atoms with Crippen LogP contribution >= 0.6 is 43.6 Å². The first kappa shape index (κ1) is 23.5. The number of halogens is 2. The standard InChI is InChI=1S/C23H24Br2N4O2S/c1-2-18-11-21(30)27-23(26-18)32-13-22(31)29-20(15-5-9-17(25)10-6-15)12-19(28-29)14-3-7-16(24)8-4-14/h3-10,18,20,23,26H,2,11-13H2,1H3,(H,27,30). The second-order valence-corrected chi connectivity index (χ2v) is 10.7. The molecule has 2 aliphatic heterocycles. The molecule has 2 N–H and O–H groups in total. The fourth-order valence-electron chi connectivity index (χ4n) is 3.82. The van der Waals surface area contributed by atoms with E-state index in [1.54, 1.807) is 5.01 Å². The molecule has 1 fully saturated rings. The van der Waals surface area contributed by atoms with Crippen molar-refractivity contribution in [2.45, 2.75) is 43.8 Å². The number of hydrogen-bond donors (Lipinski definition) is 2. The Labute approximate surface area is 208 Å². The normalized spacial score (nSPS) is 23.1. The molecule has 9 heteroatoms. The lowest BCUT2D eigenvalue weighted by molar-refractivity contribution is -0.130. The highest BCUT2D eigenvalue weighted by Gasteiger charge is 2.34. The summed E-state index contributed by atoms with van der Waals surface area (Å²) in [5.74, 6) is 0.160. The summed E-state index contributed by atoms with van der Waals surface area (Å²) in [5, 5.41) is 12.6. The quantitative estimate of drug-likeness (QED) is 0.516. The van der Waals surface area contributed by atoms with E-state index in [0.717, 1.165) is 32.2 Å². The maximum absolute atomic E-state index is 13.2. The molecule has 0 spiro atoms. The Kier molecular flexibility index (Phi) is 7.70. The van der Waals surface area contributed by atoms with Gasteiger partial charge in [-0.05, 0) is 41.8 Å². The Morgan fingerprint density at radius 3 is 2.41 bits per heavy atom. The van der Waals surface area contributed by atoms with Crippen LogP contribution in [0.2, 0.25) is 0 Å². The first-order chi connectivity index (χ1) is 15.4. The van der Waals surface area contributed by atoms with E-state index in [1.807, 2.05) is 48.5 Å². The van der Waals surface area contributed by atoms with Crippen LogP contribution in [0.4, 0.5) is 0 Å². The van der Waals surface area contributed by atoms with Gasteiger partial charge in [0, 0.05) is 27.8 Å². The summed E-state index contributed by atoms with van der Waals surface area (Å²) in [6, 6.07) is 16.0. The van der Waals surface area contributed by atoms with E-state index in [0.29, 0.717) is 12.8 Å². The van der Waals surface area contributed by atoms with Crippen LogP contribution in [-0.4, -0.2) is 39.8 Å². The van der Waals surface area contributed by atoms with Gasteiger partial charge in [-0.15, -0.1) is 11.8 Å². The SMILES string of the molecule is CCC1CC(=O)NC(SCC(=O)N2N=C(c3ccc(Br)cc3)CC2c2ccc(Br)cc2)N1. The summed E-state index contributed by atoms with van der Waals surface area (Å²) in [6.07, 6.45) is 1.99. The summed E-state index contributed by atoms with van der Waals surface area (Å²) in [6.45, 7) is 2.05. The van der Waals surface area contributed by atoms with E-state index < -0.39 is 0 Å². The third-order valence-electron chi connectivity index (χ3n) is 5.58. The second-order valence-electron chi connectivity index (χ2n) is 7.80. The molecule has 0 aliphatic carbocycles. The largest absolute Gasteiger partial charge is 0.332 e. The van der Waals surface area contributed by atoms with E-state index in [2.05, 4.69) is 49.4 Å². The predicted octanol–water partition coefficient (Wildman–Crippen LogP) is 4.79. The van der Waals surface area contributed by atoms with Crippen molar-refractivity contribution < 1.29 is 9.59 Å². The van der Waals surface area contributed by atoms with Crippen molar-refractivity contribution in [3.8, 4) is 0 Å². The van der Waals surface area contributed by atoms with Crippen LogP contribution in [0.1, 0.15) is 43.4 Å². The number of thioether (sulfide) groups is 1. The summed E-state index contributed by atoms with van der Waals surface area (Å²) in [4.78, 5) is 25.2. The maximum Gasteiger partial charge on any atom is 0.253 e. The van der Waals surface area contributed by atoms with E-state index in [1.165, 1.54) is 11.8 Å². The molecule has 3 atom stereocenters. The molecule has 2 aliphatic rings. The zero-order valence-electron chi connectivity index (χ0n) is 17.6. The highest BCUT2D eigenvalue weighted by atomic mass is 79.9. The predicted molar refractivity (Wildman–Crippen MR) is 135 cm³/mol. The minimum Gasteiger partial charge on any atom is -0.332 e. The molecular weight excluding hydrogens is 556 g/mol. The third kappa shape index (κ3) is 5.62. The first-order valence-electron chi connectivity index (χ1n) is 10.5. The highest BCUT2D eigenvalue weighted by molar-refractivity contribution is 9.10. The van der Waals surface area contributed by atoms with Gasteiger partial charge in [-0.3, -0.25) is 14.9 Å². The Morgan fingerprint density at radius 1 is 1.09 bits per heavy atom. The Morgan fingerprint density at radius 2 is 1.75 bits per heavy atom. The van der Waals surface area contributed by atoms with E-state index in [4.69, 9.17) is 5.10 Å². The monoisotopic (exact) mass is 578 g/mol. The van der Waals surface area contributed by atoms with Crippen molar-refractivity contribution in [2.75, 3.05) is 5.75 Å². The summed E-state index contributed by atoms with van der Waals surface area (Å²) in [7, 11) is 0. The lowest BCUT2D eigenvalue weighted by Gasteiger charge is -2.31. The van der Waals surface area contributed by atoms with Crippen LogP contribution < -0.4 is 10.6 Å². The van der Waals surface area contributed by atoms with Crippen LogP contribution in [0.25, 0.3) is 0 Å². The van der Waals surface area contributed by atoms with Crippen molar-refractivity contribution in [1.29, 1.82) is 0 Å². The fraction of sp³-hybridized carbons (Fsp3) is 0.348. The zero-order valence-corrected chi connectivity index (χ0v) is 21.5. The van der Waals surface area contributed by atoms with Gasteiger partial charge in [-0.1, -0.05) is 63.0 Å². The van der Waals surface area contributed by atoms with Gasteiger partial charge in [0.1, 0.15) is 5.50 Å². The molecule has 6 nitrogen and oxygen atoms in total. The molecule has 2 aromatic carbocycles. The molecule has 4 rings (SSSR count). The molecule has 2 aromatic rings. The van der Waals surface area contributed by atoms with Gasteiger partial charge >= 0.3 is 0 Å². The molecule has 2 amide bonds. The zero-order chi connectivity index (χ0) is 22.7. The van der Waals surface area contributed by atoms with Gasteiger partial charge in [0.15, 0.2) is 0 Å². The highest BCUT2D eigenvalue weighted by Crippen LogP contribution is 2.34. The number of carbonyl (C=O) groups is 2. The third-order valence-corrected chi connectivity index (χ3v) is 7.63. The topological polar surface area (TPSA) is 73.8 Å². The molecule has 2 heterocycles. The number of amides is 2. The van der Waals surface area contributed by atoms with Gasteiger partial charge in [0.2, 0.25) is 5.91 Å². The molecule has 1 saturated heterocycles. The minimum absolute atomic E-state index is 0.0185. The molecule has 32 heavy (non-hydrogen) atoms. The van der Waals surface area contributed by atoms with Crippen molar-refractivity contribution >= 4 is 61.1 Å². The number of nitrogens with zero attached hydrogens (tertiary/aromatic N) is 2. The maximum atomic E-state index is 13.2. The van der Waals surface area contributed by atoms with Crippen molar-refractivity contribution in [2.24, 2.45) is 5.10 Å². The molecular formula is C23H24Br2N4O2S. The average molecular weight is 580 g/mol. The average Bonchev–Trinajstić information content (AvgIpc) is 3.23. The number of hydrogen-bond acceptors (Lipinski definition) is 5. The Hall–Kier alpha value is -1.68. The molecule has 168 valence electrons. The van der Waals surface area contributed by atoms with E-state index >= 15 is 0 Å². The van der Waals surface area contributed by atoms with E-state index in [-0.39, 0.29) is 35.1 Å². The lowest BCUT2D eigenvalue weighted by Crippen LogP contribution is -2.54. The van der Waals surface area contributed by atoms with Gasteiger partial charge in [-0.25, -0.2) is 5.01 Å². The Bertz CT molecular complexity index is 1010. The molecule has 3 unspecified atom stereocenters. The summed E-state index contributed by atoms with van der Waals surface area (Å²) >= 11 is 8.35. The van der Waals surface area contributed by atoms with Crippen molar-refractivity contribution in [3.05, 3.63) is 68.6 Å². The van der Waals surface area contributed by atoms with Crippen LogP contribution in [0.5, 0.6) is 0 Å². The Balaban J connectivity index is 1.51. The number of hydrazone groups is 1.